The van der Waals surface area contributed by atoms with Gasteiger partial charge in [0.1, 0.15) is 10.8 Å². The number of fused-ring (bicyclic) bond motifs is 1. The number of phenols is 1. The van der Waals surface area contributed by atoms with Crippen molar-refractivity contribution in [1.82, 2.24) is 4.98 Å². The van der Waals surface area contributed by atoms with Crippen molar-refractivity contribution in [3.05, 3.63) is 46.4 Å². The molecule has 18 heavy (non-hydrogen) atoms. The van der Waals surface area contributed by atoms with Crippen molar-refractivity contribution in [2.75, 3.05) is 0 Å². The molecule has 0 bridgehead atoms. The van der Waals surface area contributed by atoms with E-state index in [2.05, 4.69) is 20.9 Å². The van der Waals surface area contributed by atoms with Gasteiger partial charge in [-0.2, -0.15) is 0 Å². The molecule has 3 aromatic rings. The topological polar surface area (TPSA) is 33.1 Å². The fourth-order valence-corrected chi connectivity index (χ4v) is 3.38. The van der Waals surface area contributed by atoms with Crippen LogP contribution in [0.15, 0.2) is 40.9 Å². The SMILES string of the molecule is Cc1ccc(O)c(-c2nc3ccc(Br)cc3s2)c1. The second kappa shape index (κ2) is 4.37. The lowest BCUT2D eigenvalue weighted by Crippen LogP contribution is -1.79. The van der Waals surface area contributed by atoms with E-state index in [0.717, 1.165) is 30.8 Å². The molecular weight excluding hydrogens is 310 g/mol. The lowest BCUT2D eigenvalue weighted by molar-refractivity contribution is 0.477. The van der Waals surface area contributed by atoms with Crippen LogP contribution in [0.4, 0.5) is 0 Å². The number of aryl methyl sites for hydroxylation is 1. The van der Waals surface area contributed by atoms with Crippen LogP contribution >= 0.6 is 27.3 Å². The van der Waals surface area contributed by atoms with Crippen LogP contribution in [0.1, 0.15) is 5.56 Å². The number of halogens is 1. The quantitative estimate of drug-likeness (QED) is 0.702. The zero-order valence-electron chi connectivity index (χ0n) is 9.64. The highest BCUT2D eigenvalue weighted by Gasteiger charge is 2.10. The number of hydrogen-bond acceptors (Lipinski definition) is 3. The predicted octanol–water partition coefficient (Wildman–Crippen LogP) is 4.74. The van der Waals surface area contributed by atoms with Gasteiger partial charge in [-0.15, -0.1) is 11.3 Å². The van der Waals surface area contributed by atoms with Crippen LogP contribution in [0.25, 0.3) is 20.8 Å². The van der Waals surface area contributed by atoms with Gasteiger partial charge >= 0.3 is 0 Å². The second-order valence-electron chi connectivity index (χ2n) is 4.15. The number of rotatable bonds is 1. The third-order valence-corrected chi connectivity index (χ3v) is 4.28. The van der Waals surface area contributed by atoms with Gasteiger partial charge in [-0.3, -0.25) is 0 Å². The van der Waals surface area contributed by atoms with Crippen molar-refractivity contribution in [3.8, 4) is 16.3 Å². The second-order valence-corrected chi connectivity index (χ2v) is 6.10. The molecular formula is C14H10BrNOS. The Balaban J connectivity index is 2.22. The van der Waals surface area contributed by atoms with Crippen LogP contribution in [0, 0.1) is 6.92 Å². The first-order chi connectivity index (χ1) is 8.63. The first-order valence-corrected chi connectivity index (χ1v) is 7.10. The standard InChI is InChI=1S/C14H10BrNOS/c1-8-2-5-12(17)10(6-8)14-16-11-4-3-9(15)7-13(11)18-14/h2-7,17H,1H3. The third kappa shape index (κ3) is 2.02. The van der Waals surface area contributed by atoms with E-state index in [1.807, 2.05) is 37.3 Å². The van der Waals surface area contributed by atoms with Gasteiger partial charge in [0, 0.05) is 4.47 Å². The summed E-state index contributed by atoms with van der Waals surface area (Å²) in [6, 6.07) is 11.6. The van der Waals surface area contributed by atoms with Gasteiger partial charge in [-0.05, 0) is 37.3 Å². The van der Waals surface area contributed by atoms with Crippen LogP contribution in [0.3, 0.4) is 0 Å². The Morgan fingerprint density at radius 2 is 2.00 bits per heavy atom. The maximum atomic E-state index is 9.93. The van der Waals surface area contributed by atoms with Crippen molar-refractivity contribution in [2.24, 2.45) is 0 Å². The molecule has 0 aliphatic rings. The molecule has 90 valence electrons. The fraction of sp³-hybridized carbons (Fsp3) is 0.0714. The van der Waals surface area contributed by atoms with Gasteiger partial charge in [0.05, 0.1) is 15.8 Å². The first kappa shape index (κ1) is 11.7. The Hall–Kier alpha value is -1.39. The number of aromatic nitrogens is 1. The highest BCUT2D eigenvalue weighted by molar-refractivity contribution is 9.10. The summed E-state index contributed by atoms with van der Waals surface area (Å²) in [6.45, 7) is 2.01. The minimum Gasteiger partial charge on any atom is -0.507 e. The summed E-state index contributed by atoms with van der Waals surface area (Å²) in [5.41, 5.74) is 2.87. The molecule has 2 aromatic carbocycles. The smallest absolute Gasteiger partial charge is 0.128 e. The molecule has 0 saturated heterocycles. The largest absolute Gasteiger partial charge is 0.507 e. The van der Waals surface area contributed by atoms with Gasteiger partial charge in [-0.1, -0.05) is 27.6 Å². The van der Waals surface area contributed by atoms with Gasteiger partial charge in [0.2, 0.25) is 0 Å². The van der Waals surface area contributed by atoms with Crippen LogP contribution in [-0.4, -0.2) is 10.1 Å². The van der Waals surface area contributed by atoms with Crippen molar-refractivity contribution < 1.29 is 5.11 Å². The summed E-state index contributed by atoms with van der Waals surface area (Å²) < 4.78 is 2.15. The first-order valence-electron chi connectivity index (χ1n) is 5.49. The Kier molecular flexibility index (Phi) is 2.84. The summed E-state index contributed by atoms with van der Waals surface area (Å²) in [7, 11) is 0. The normalized spacial score (nSPS) is 11.0. The number of phenolic OH excluding ortho intramolecular Hbond substituents is 1. The zero-order chi connectivity index (χ0) is 12.7. The van der Waals surface area contributed by atoms with Gasteiger partial charge in [0.15, 0.2) is 0 Å². The van der Waals surface area contributed by atoms with E-state index >= 15 is 0 Å². The summed E-state index contributed by atoms with van der Waals surface area (Å²) in [5.74, 6) is 0.277. The Morgan fingerprint density at radius 1 is 1.17 bits per heavy atom. The summed E-state index contributed by atoms with van der Waals surface area (Å²) >= 11 is 5.04. The summed E-state index contributed by atoms with van der Waals surface area (Å²) in [4.78, 5) is 4.56. The van der Waals surface area contributed by atoms with E-state index < -0.39 is 0 Å². The van der Waals surface area contributed by atoms with Crippen molar-refractivity contribution in [1.29, 1.82) is 0 Å². The molecule has 0 saturated carbocycles. The van der Waals surface area contributed by atoms with Crippen LogP contribution in [-0.2, 0) is 0 Å². The van der Waals surface area contributed by atoms with Crippen LogP contribution < -0.4 is 0 Å². The lowest BCUT2D eigenvalue weighted by atomic mass is 10.1. The van der Waals surface area contributed by atoms with E-state index in [-0.39, 0.29) is 5.75 Å². The number of aromatic hydroxyl groups is 1. The molecule has 0 aliphatic heterocycles. The van der Waals surface area contributed by atoms with E-state index in [1.165, 1.54) is 0 Å². The fourth-order valence-electron chi connectivity index (χ4n) is 1.83. The van der Waals surface area contributed by atoms with Gasteiger partial charge in [0.25, 0.3) is 0 Å². The van der Waals surface area contributed by atoms with Crippen molar-refractivity contribution in [2.45, 2.75) is 6.92 Å². The zero-order valence-corrected chi connectivity index (χ0v) is 12.0. The predicted molar refractivity (Wildman–Crippen MR) is 79.2 cm³/mol. The Morgan fingerprint density at radius 3 is 2.83 bits per heavy atom. The number of nitrogens with zero attached hydrogens (tertiary/aromatic N) is 1. The van der Waals surface area contributed by atoms with Gasteiger partial charge < -0.3 is 5.11 Å². The van der Waals surface area contributed by atoms with E-state index in [4.69, 9.17) is 0 Å². The average molecular weight is 320 g/mol. The highest BCUT2D eigenvalue weighted by atomic mass is 79.9. The number of thiazole rings is 1. The molecule has 1 aromatic heterocycles. The molecule has 0 aliphatic carbocycles. The maximum absolute atomic E-state index is 9.93. The average Bonchev–Trinajstić information content (AvgIpc) is 2.74. The third-order valence-electron chi connectivity index (χ3n) is 2.73. The molecule has 3 rings (SSSR count). The summed E-state index contributed by atoms with van der Waals surface area (Å²) in [6.07, 6.45) is 0. The van der Waals surface area contributed by atoms with Crippen molar-refractivity contribution in [3.63, 3.8) is 0 Å². The van der Waals surface area contributed by atoms with E-state index in [1.54, 1.807) is 17.4 Å². The molecule has 0 amide bonds. The lowest BCUT2D eigenvalue weighted by Gasteiger charge is -2.01. The molecule has 2 nitrogen and oxygen atoms in total. The Bertz CT molecular complexity index is 736. The minimum atomic E-state index is 0.277. The highest BCUT2D eigenvalue weighted by Crippen LogP contribution is 2.36. The Labute approximate surface area is 117 Å². The molecule has 0 unspecified atom stereocenters. The molecule has 1 heterocycles. The number of benzene rings is 2. The molecule has 0 fully saturated rings. The summed E-state index contributed by atoms with van der Waals surface area (Å²) in [5, 5.41) is 10.8. The van der Waals surface area contributed by atoms with Crippen LogP contribution in [0.5, 0.6) is 5.75 Å². The van der Waals surface area contributed by atoms with Gasteiger partial charge in [-0.25, -0.2) is 4.98 Å². The maximum Gasteiger partial charge on any atom is 0.128 e. The molecule has 0 radical (unpaired) electrons. The minimum absolute atomic E-state index is 0.277. The molecule has 4 heteroatoms. The molecule has 0 atom stereocenters. The monoisotopic (exact) mass is 319 g/mol. The molecule has 0 spiro atoms. The van der Waals surface area contributed by atoms with Crippen molar-refractivity contribution >= 4 is 37.5 Å². The van der Waals surface area contributed by atoms with E-state index in [9.17, 15) is 5.11 Å². The van der Waals surface area contributed by atoms with E-state index in [0.29, 0.717) is 0 Å². The number of hydrogen-bond donors (Lipinski definition) is 1. The molecule has 1 N–H and O–H groups in total. The van der Waals surface area contributed by atoms with Crippen LogP contribution in [0.2, 0.25) is 0 Å².